The van der Waals surface area contributed by atoms with E-state index in [1.165, 1.54) is 35.0 Å². The Kier molecular flexibility index (Phi) is 4.52. The molecular formula is C15H12FN5O. The van der Waals surface area contributed by atoms with Crippen LogP contribution in [0.15, 0.2) is 24.3 Å². The zero-order chi connectivity index (χ0) is 16.1. The Bertz CT molecular complexity index is 793. The number of aliphatic hydroxyl groups is 1. The van der Waals surface area contributed by atoms with Crippen LogP contribution in [0, 0.1) is 28.5 Å². The Morgan fingerprint density at radius 1 is 1.36 bits per heavy atom. The fourth-order valence-corrected chi connectivity index (χ4v) is 1.92. The molecule has 0 unspecified atom stereocenters. The smallest absolute Gasteiger partial charge is 0.140 e. The van der Waals surface area contributed by atoms with E-state index in [2.05, 4.69) is 5.10 Å². The standard InChI is InChI=1S/C15H12FN5O/c16-12-3-1-10(2-4-12)7-11(8-17)14-13(9-18)15(19)21(20-14)5-6-22/h1-4,7,22H,5-6,19H2/b11-7+. The van der Waals surface area contributed by atoms with Crippen molar-refractivity contribution in [2.45, 2.75) is 6.54 Å². The Balaban J connectivity index is 2.52. The van der Waals surface area contributed by atoms with E-state index in [4.69, 9.17) is 10.8 Å². The first-order valence-corrected chi connectivity index (χ1v) is 6.35. The van der Waals surface area contributed by atoms with Gasteiger partial charge >= 0.3 is 0 Å². The van der Waals surface area contributed by atoms with Gasteiger partial charge in [0, 0.05) is 0 Å². The van der Waals surface area contributed by atoms with E-state index in [1.54, 1.807) is 0 Å². The van der Waals surface area contributed by atoms with Crippen LogP contribution in [0.5, 0.6) is 0 Å². The van der Waals surface area contributed by atoms with Gasteiger partial charge in [-0.05, 0) is 23.8 Å². The quantitative estimate of drug-likeness (QED) is 0.831. The van der Waals surface area contributed by atoms with Crippen LogP contribution in [0.2, 0.25) is 0 Å². The molecule has 1 aromatic carbocycles. The van der Waals surface area contributed by atoms with Gasteiger partial charge in [0.25, 0.3) is 0 Å². The first-order chi connectivity index (χ1) is 10.6. The van der Waals surface area contributed by atoms with E-state index in [0.717, 1.165) is 0 Å². The summed E-state index contributed by atoms with van der Waals surface area (Å²) < 4.78 is 14.2. The van der Waals surface area contributed by atoms with Crippen LogP contribution in [-0.4, -0.2) is 21.5 Å². The van der Waals surface area contributed by atoms with Gasteiger partial charge in [0.15, 0.2) is 0 Å². The summed E-state index contributed by atoms with van der Waals surface area (Å²) >= 11 is 0. The molecule has 0 spiro atoms. The molecule has 0 saturated heterocycles. The van der Waals surface area contributed by atoms with Crippen molar-refractivity contribution < 1.29 is 9.50 Å². The Hall–Kier alpha value is -3.16. The lowest BCUT2D eigenvalue weighted by Gasteiger charge is -1.99. The maximum atomic E-state index is 12.9. The van der Waals surface area contributed by atoms with E-state index < -0.39 is 0 Å². The molecule has 0 atom stereocenters. The zero-order valence-electron chi connectivity index (χ0n) is 11.5. The summed E-state index contributed by atoms with van der Waals surface area (Å²) in [6, 6.07) is 9.42. The van der Waals surface area contributed by atoms with Gasteiger partial charge in [-0.2, -0.15) is 15.6 Å². The number of anilines is 1. The minimum atomic E-state index is -0.384. The summed E-state index contributed by atoms with van der Waals surface area (Å²) in [5, 5.41) is 31.6. The monoisotopic (exact) mass is 297 g/mol. The lowest BCUT2D eigenvalue weighted by Crippen LogP contribution is -2.07. The molecule has 0 saturated carbocycles. The summed E-state index contributed by atoms with van der Waals surface area (Å²) in [6.07, 6.45) is 1.49. The predicted octanol–water partition coefficient (Wildman–Crippen LogP) is 1.53. The van der Waals surface area contributed by atoms with Crippen LogP contribution in [0.4, 0.5) is 10.2 Å². The maximum Gasteiger partial charge on any atom is 0.140 e. The fourth-order valence-electron chi connectivity index (χ4n) is 1.92. The molecule has 1 aromatic heterocycles. The zero-order valence-corrected chi connectivity index (χ0v) is 11.5. The molecule has 0 aliphatic carbocycles. The number of halogens is 1. The third-order valence-electron chi connectivity index (χ3n) is 2.97. The highest BCUT2D eigenvalue weighted by Gasteiger charge is 2.18. The number of nitrogens with two attached hydrogens (primary N) is 1. The molecule has 2 aromatic rings. The van der Waals surface area contributed by atoms with Crippen molar-refractivity contribution in [3.8, 4) is 12.1 Å². The van der Waals surface area contributed by atoms with Crippen LogP contribution in [-0.2, 0) is 6.54 Å². The number of hydrogen-bond donors (Lipinski definition) is 2. The van der Waals surface area contributed by atoms with Crippen molar-refractivity contribution >= 4 is 17.5 Å². The molecule has 0 radical (unpaired) electrons. The fraction of sp³-hybridized carbons (Fsp3) is 0.133. The number of aromatic nitrogens is 2. The van der Waals surface area contributed by atoms with Gasteiger partial charge < -0.3 is 10.8 Å². The third kappa shape index (κ3) is 2.95. The van der Waals surface area contributed by atoms with E-state index in [1.807, 2.05) is 12.1 Å². The van der Waals surface area contributed by atoms with Crippen molar-refractivity contribution in [2.24, 2.45) is 0 Å². The number of nitrogen functional groups attached to an aromatic ring is 1. The molecule has 22 heavy (non-hydrogen) atoms. The van der Waals surface area contributed by atoms with Gasteiger partial charge in [0.2, 0.25) is 0 Å². The van der Waals surface area contributed by atoms with Gasteiger partial charge in [-0.15, -0.1) is 0 Å². The molecule has 7 heteroatoms. The molecule has 2 rings (SSSR count). The number of nitriles is 2. The number of nitrogens with zero attached hydrogens (tertiary/aromatic N) is 4. The summed E-state index contributed by atoms with van der Waals surface area (Å²) in [5.41, 5.74) is 6.72. The highest BCUT2D eigenvalue weighted by atomic mass is 19.1. The second-order valence-corrected chi connectivity index (χ2v) is 4.39. The van der Waals surface area contributed by atoms with Crippen LogP contribution in [0.1, 0.15) is 16.8 Å². The van der Waals surface area contributed by atoms with Gasteiger partial charge in [0.05, 0.1) is 18.7 Å². The molecule has 0 fully saturated rings. The number of aliphatic hydroxyl groups excluding tert-OH is 1. The first-order valence-electron chi connectivity index (χ1n) is 6.35. The Labute approximate surface area is 126 Å². The maximum absolute atomic E-state index is 12.9. The van der Waals surface area contributed by atoms with Crippen molar-refractivity contribution in [2.75, 3.05) is 12.3 Å². The Morgan fingerprint density at radius 2 is 2.05 bits per heavy atom. The van der Waals surface area contributed by atoms with E-state index in [0.29, 0.717) is 5.56 Å². The highest BCUT2D eigenvalue weighted by Crippen LogP contribution is 2.24. The van der Waals surface area contributed by atoms with Gasteiger partial charge in [-0.25, -0.2) is 9.07 Å². The summed E-state index contributed by atoms with van der Waals surface area (Å²) in [6.45, 7) is -0.0739. The number of rotatable bonds is 4. The number of benzene rings is 1. The average Bonchev–Trinajstić information content (AvgIpc) is 2.83. The van der Waals surface area contributed by atoms with Gasteiger partial charge in [0.1, 0.15) is 35.0 Å². The molecule has 0 bridgehead atoms. The minimum Gasteiger partial charge on any atom is -0.394 e. The number of hydrogen-bond acceptors (Lipinski definition) is 5. The van der Waals surface area contributed by atoms with Gasteiger partial charge in [-0.3, -0.25) is 0 Å². The molecule has 0 aliphatic heterocycles. The van der Waals surface area contributed by atoms with Crippen molar-refractivity contribution in [3.63, 3.8) is 0 Å². The Morgan fingerprint density at radius 3 is 2.59 bits per heavy atom. The first kappa shape index (κ1) is 15.2. The SMILES string of the molecule is N#C/C(=C\c1ccc(F)cc1)c1nn(CCO)c(N)c1C#N. The average molecular weight is 297 g/mol. The van der Waals surface area contributed by atoms with Crippen molar-refractivity contribution in [1.82, 2.24) is 9.78 Å². The van der Waals surface area contributed by atoms with Crippen molar-refractivity contribution in [1.29, 1.82) is 10.5 Å². The molecule has 0 amide bonds. The normalized spacial score (nSPS) is 11.0. The second-order valence-electron chi connectivity index (χ2n) is 4.39. The highest BCUT2D eigenvalue weighted by molar-refractivity contribution is 5.91. The van der Waals surface area contributed by atoms with E-state index in [-0.39, 0.29) is 41.6 Å². The largest absolute Gasteiger partial charge is 0.394 e. The molecule has 0 aliphatic rings. The van der Waals surface area contributed by atoms with E-state index in [9.17, 15) is 14.9 Å². The second kappa shape index (κ2) is 6.53. The lowest BCUT2D eigenvalue weighted by molar-refractivity contribution is 0.270. The van der Waals surface area contributed by atoms with Crippen LogP contribution < -0.4 is 5.73 Å². The number of allylic oxidation sites excluding steroid dienone is 1. The van der Waals surface area contributed by atoms with Crippen molar-refractivity contribution in [3.05, 3.63) is 46.9 Å². The molecule has 110 valence electrons. The topological polar surface area (TPSA) is 112 Å². The third-order valence-corrected chi connectivity index (χ3v) is 2.97. The molecule has 3 N–H and O–H groups in total. The van der Waals surface area contributed by atoms with Crippen LogP contribution in [0.25, 0.3) is 11.6 Å². The van der Waals surface area contributed by atoms with Crippen LogP contribution in [0.3, 0.4) is 0 Å². The van der Waals surface area contributed by atoms with Crippen LogP contribution >= 0.6 is 0 Å². The van der Waals surface area contributed by atoms with E-state index >= 15 is 0 Å². The van der Waals surface area contributed by atoms with Gasteiger partial charge in [-0.1, -0.05) is 12.1 Å². The lowest BCUT2D eigenvalue weighted by atomic mass is 10.1. The predicted molar refractivity (Wildman–Crippen MR) is 78.3 cm³/mol. The molecule has 1 heterocycles. The molecule has 6 nitrogen and oxygen atoms in total. The summed E-state index contributed by atoms with van der Waals surface area (Å²) in [5.74, 6) is -0.295. The minimum absolute atomic E-state index is 0.0726. The summed E-state index contributed by atoms with van der Waals surface area (Å²) in [7, 11) is 0. The molecular weight excluding hydrogens is 285 g/mol. The summed E-state index contributed by atoms with van der Waals surface area (Å²) in [4.78, 5) is 0.